The number of amides is 2. The number of benzene rings is 2. The summed E-state index contributed by atoms with van der Waals surface area (Å²) in [5, 5.41) is 2.97. The van der Waals surface area contributed by atoms with Crippen molar-refractivity contribution in [3.8, 4) is 0 Å². The number of carbonyl (C=O) groups excluding carboxylic acids is 2. The predicted molar refractivity (Wildman–Crippen MR) is 123 cm³/mol. The number of nitrogens with one attached hydrogen (secondary N) is 1. The van der Waals surface area contributed by atoms with E-state index in [1.807, 2.05) is 23.1 Å². The summed E-state index contributed by atoms with van der Waals surface area (Å²) in [6, 6.07) is 17.6. The van der Waals surface area contributed by atoms with Crippen molar-refractivity contribution in [1.82, 2.24) is 15.2 Å². The average Bonchev–Trinajstić information content (AvgIpc) is 3.14. The molecule has 1 aromatic heterocycles. The van der Waals surface area contributed by atoms with Gasteiger partial charge in [0, 0.05) is 55.4 Å². The van der Waals surface area contributed by atoms with Gasteiger partial charge in [-0.25, -0.2) is 4.39 Å². The van der Waals surface area contributed by atoms with Gasteiger partial charge in [0.2, 0.25) is 0 Å². The molecule has 1 fully saturated rings. The third-order valence-electron chi connectivity index (χ3n) is 6.54. The summed E-state index contributed by atoms with van der Waals surface area (Å²) >= 11 is 0. The number of fused-ring (bicyclic) bond motifs is 2. The molecule has 6 nitrogen and oxygen atoms in total. The van der Waals surface area contributed by atoms with E-state index in [1.165, 1.54) is 18.2 Å². The summed E-state index contributed by atoms with van der Waals surface area (Å²) in [5.74, 6) is -0.757. The van der Waals surface area contributed by atoms with Crippen LogP contribution in [0, 0.1) is 5.82 Å². The smallest absolute Gasteiger partial charge is 0.259 e. The van der Waals surface area contributed by atoms with Crippen molar-refractivity contribution in [3.63, 3.8) is 0 Å². The Morgan fingerprint density at radius 2 is 1.88 bits per heavy atom. The fourth-order valence-electron chi connectivity index (χ4n) is 4.88. The summed E-state index contributed by atoms with van der Waals surface area (Å²) in [5.41, 5.74) is 2.89. The van der Waals surface area contributed by atoms with Crippen molar-refractivity contribution in [2.24, 2.45) is 0 Å². The van der Waals surface area contributed by atoms with Crippen LogP contribution in [0.3, 0.4) is 0 Å². The third-order valence-corrected chi connectivity index (χ3v) is 6.54. The van der Waals surface area contributed by atoms with Gasteiger partial charge in [0.15, 0.2) is 0 Å². The Bertz CT molecular complexity index is 1170. The second-order valence-electron chi connectivity index (χ2n) is 8.56. The molecule has 0 saturated carbocycles. The lowest BCUT2D eigenvalue weighted by atomic mass is 10.1. The first-order valence-electron chi connectivity index (χ1n) is 11.2. The number of para-hydroxylation sites is 1. The molecule has 0 unspecified atom stereocenters. The Labute approximate surface area is 192 Å². The van der Waals surface area contributed by atoms with Gasteiger partial charge in [-0.05, 0) is 54.8 Å². The minimum absolute atomic E-state index is 0.0553. The SMILES string of the molecule is O=C(NC[C@H]1CC[C@@H]2CN(C(=O)c3cccnc3)c3ccccc3CN12)c1cccc(F)c1. The monoisotopic (exact) mass is 444 g/mol. The van der Waals surface area contributed by atoms with Crippen LogP contribution >= 0.6 is 0 Å². The maximum atomic E-state index is 13.5. The highest BCUT2D eigenvalue weighted by molar-refractivity contribution is 6.06. The molecule has 0 spiro atoms. The number of pyridine rings is 1. The molecule has 0 aliphatic carbocycles. The Kier molecular flexibility index (Phi) is 5.88. The Hall–Kier alpha value is -3.58. The highest BCUT2D eigenvalue weighted by atomic mass is 19.1. The van der Waals surface area contributed by atoms with Crippen LogP contribution in [0.15, 0.2) is 73.1 Å². The van der Waals surface area contributed by atoms with Crippen LogP contribution in [-0.4, -0.2) is 46.9 Å². The van der Waals surface area contributed by atoms with Gasteiger partial charge in [-0.3, -0.25) is 19.5 Å². The van der Waals surface area contributed by atoms with Crippen LogP contribution in [-0.2, 0) is 6.54 Å². The standard InChI is InChI=1S/C26H25FN4O2/c27-21-8-3-6-18(13-21)25(32)29-15-22-10-11-23-17-31(26(33)19-7-4-12-28-14-19)24-9-2-1-5-20(24)16-30(22)23/h1-9,12-14,22-23H,10-11,15-17H2,(H,29,32)/t22-,23-/m1/s1. The quantitative estimate of drug-likeness (QED) is 0.667. The van der Waals surface area contributed by atoms with Gasteiger partial charge >= 0.3 is 0 Å². The number of hydrogen-bond acceptors (Lipinski definition) is 4. The molecule has 33 heavy (non-hydrogen) atoms. The van der Waals surface area contributed by atoms with Crippen LogP contribution in [0.1, 0.15) is 39.1 Å². The zero-order valence-electron chi connectivity index (χ0n) is 18.2. The van der Waals surface area contributed by atoms with E-state index in [0.717, 1.165) is 24.1 Å². The molecule has 7 heteroatoms. The van der Waals surface area contributed by atoms with E-state index >= 15 is 0 Å². The number of anilines is 1. The maximum Gasteiger partial charge on any atom is 0.259 e. The van der Waals surface area contributed by atoms with Crippen molar-refractivity contribution >= 4 is 17.5 Å². The van der Waals surface area contributed by atoms with E-state index < -0.39 is 5.82 Å². The van der Waals surface area contributed by atoms with Crippen molar-refractivity contribution < 1.29 is 14.0 Å². The first kappa shape index (κ1) is 21.3. The fourth-order valence-corrected chi connectivity index (χ4v) is 4.88. The van der Waals surface area contributed by atoms with E-state index in [4.69, 9.17) is 0 Å². The number of halogens is 1. The van der Waals surface area contributed by atoms with Gasteiger partial charge < -0.3 is 10.2 Å². The zero-order valence-corrected chi connectivity index (χ0v) is 18.2. The molecule has 3 heterocycles. The second kappa shape index (κ2) is 9.11. The van der Waals surface area contributed by atoms with Gasteiger partial charge in [0.1, 0.15) is 5.82 Å². The number of hydrogen-bond donors (Lipinski definition) is 1. The molecule has 2 amide bonds. The van der Waals surface area contributed by atoms with Gasteiger partial charge in [0.05, 0.1) is 5.56 Å². The molecule has 168 valence electrons. The molecule has 1 saturated heterocycles. The summed E-state index contributed by atoms with van der Waals surface area (Å²) in [6.07, 6.45) is 5.12. The van der Waals surface area contributed by atoms with Crippen LogP contribution < -0.4 is 10.2 Å². The summed E-state index contributed by atoms with van der Waals surface area (Å²) in [6.45, 7) is 1.77. The van der Waals surface area contributed by atoms with Gasteiger partial charge in [-0.15, -0.1) is 0 Å². The Balaban J connectivity index is 1.35. The lowest BCUT2D eigenvalue weighted by Gasteiger charge is -2.29. The lowest BCUT2D eigenvalue weighted by molar-refractivity contribution is 0.0933. The normalized spacial score (nSPS) is 20.0. The molecule has 1 N–H and O–H groups in total. The third kappa shape index (κ3) is 4.36. The van der Waals surface area contributed by atoms with Crippen LogP contribution in [0.5, 0.6) is 0 Å². The van der Waals surface area contributed by atoms with Crippen LogP contribution in [0.25, 0.3) is 0 Å². The Morgan fingerprint density at radius 3 is 2.70 bits per heavy atom. The van der Waals surface area contributed by atoms with E-state index in [9.17, 15) is 14.0 Å². The minimum Gasteiger partial charge on any atom is -0.350 e. The first-order valence-corrected chi connectivity index (χ1v) is 11.2. The van der Waals surface area contributed by atoms with Crippen molar-refractivity contribution in [2.75, 3.05) is 18.0 Å². The highest BCUT2D eigenvalue weighted by Crippen LogP contribution is 2.35. The Morgan fingerprint density at radius 1 is 1.03 bits per heavy atom. The van der Waals surface area contributed by atoms with E-state index in [1.54, 1.807) is 30.6 Å². The molecule has 0 radical (unpaired) electrons. The summed E-state index contributed by atoms with van der Waals surface area (Å²) in [4.78, 5) is 34.3. The first-order chi connectivity index (χ1) is 16.1. The zero-order chi connectivity index (χ0) is 22.8. The van der Waals surface area contributed by atoms with E-state index in [2.05, 4.69) is 21.3 Å². The van der Waals surface area contributed by atoms with Crippen LogP contribution in [0.4, 0.5) is 10.1 Å². The molecule has 2 aliphatic rings. The highest BCUT2D eigenvalue weighted by Gasteiger charge is 2.39. The molecule has 2 aromatic carbocycles. The topological polar surface area (TPSA) is 65.5 Å². The molecule has 2 atom stereocenters. The second-order valence-corrected chi connectivity index (χ2v) is 8.56. The van der Waals surface area contributed by atoms with E-state index in [-0.39, 0.29) is 23.9 Å². The van der Waals surface area contributed by atoms with Crippen molar-refractivity contribution in [3.05, 3.63) is 95.6 Å². The molecule has 3 aromatic rings. The summed E-state index contributed by atoms with van der Waals surface area (Å²) in [7, 11) is 0. The van der Waals surface area contributed by atoms with Gasteiger partial charge in [-0.2, -0.15) is 0 Å². The van der Waals surface area contributed by atoms with Gasteiger partial charge in [0.25, 0.3) is 11.8 Å². The fraction of sp³-hybridized carbons (Fsp3) is 0.269. The largest absolute Gasteiger partial charge is 0.350 e. The average molecular weight is 445 g/mol. The predicted octanol–water partition coefficient (Wildman–Crippen LogP) is 3.64. The molecule has 2 aliphatic heterocycles. The van der Waals surface area contributed by atoms with Crippen molar-refractivity contribution in [1.29, 1.82) is 0 Å². The molecular formula is C26H25FN4O2. The number of carbonyl (C=O) groups is 2. The van der Waals surface area contributed by atoms with Crippen molar-refractivity contribution in [2.45, 2.75) is 31.5 Å². The molecule has 5 rings (SSSR count). The number of nitrogens with zero attached hydrogens (tertiary/aromatic N) is 3. The van der Waals surface area contributed by atoms with Gasteiger partial charge in [-0.1, -0.05) is 24.3 Å². The van der Waals surface area contributed by atoms with Crippen LogP contribution in [0.2, 0.25) is 0 Å². The molecular weight excluding hydrogens is 419 g/mol. The number of rotatable bonds is 4. The molecule has 0 bridgehead atoms. The minimum atomic E-state index is -0.425. The lowest BCUT2D eigenvalue weighted by Crippen LogP contribution is -2.45. The van der Waals surface area contributed by atoms with E-state index in [0.29, 0.717) is 30.8 Å². The number of aromatic nitrogens is 1. The maximum absolute atomic E-state index is 13.5. The summed E-state index contributed by atoms with van der Waals surface area (Å²) < 4.78 is 13.5.